The molecule has 0 amide bonds. The summed E-state index contributed by atoms with van der Waals surface area (Å²) < 4.78 is 1.72. The van der Waals surface area contributed by atoms with Crippen LogP contribution in [-0.2, 0) is 7.05 Å². The molecule has 0 aliphatic rings. The molecule has 4 aromatic rings. The lowest BCUT2D eigenvalue weighted by Crippen LogP contribution is -2.03. The van der Waals surface area contributed by atoms with E-state index in [0.29, 0.717) is 33.6 Å². The summed E-state index contributed by atoms with van der Waals surface area (Å²) in [4.78, 5) is 13.5. The molecule has 0 radical (unpaired) electrons. The van der Waals surface area contributed by atoms with Crippen molar-refractivity contribution in [3.63, 3.8) is 0 Å². The zero-order valence-electron chi connectivity index (χ0n) is 13.7. The van der Waals surface area contributed by atoms with E-state index in [4.69, 9.17) is 17.3 Å². The molecule has 6 nitrogen and oxygen atoms in total. The maximum atomic E-state index is 6.43. The van der Waals surface area contributed by atoms with Crippen molar-refractivity contribution in [2.24, 2.45) is 7.05 Å². The number of aryl methyl sites for hydroxylation is 2. The van der Waals surface area contributed by atoms with Crippen molar-refractivity contribution in [1.82, 2.24) is 24.7 Å². The van der Waals surface area contributed by atoms with Gasteiger partial charge in [0.25, 0.3) is 0 Å². The molecule has 0 saturated heterocycles. The second kappa shape index (κ2) is 5.82. The van der Waals surface area contributed by atoms with E-state index in [-0.39, 0.29) is 0 Å². The molecule has 25 heavy (non-hydrogen) atoms. The third-order valence-corrected chi connectivity index (χ3v) is 4.28. The summed E-state index contributed by atoms with van der Waals surface area (Å²) in [5.74, 6) is 0.387. The molecule has 7 heteroatoms. The smallest absolute Gasteiger partial charge is 0.145 e. The maximum absolute atomic E-state index is 6.43. The van der Waals surface area contributed by atoms with Crippen LogP contribution in [0.25, 0.3) is 33.5 Å². The molecule has 0 aliphatic carbocycles. The van der Waals surface area contributed by atoms with Gasteiger partial charge in [-0.1, -0.05) is 17.7 Å². The number of nitrogens with two attached hydrogens (primary N) is 1. The lowest BCUT2D eigenvalue weighted by atomic mass is 10.0. The van der Waals surface area contributed by atoms with E-state index in [1.165, 1.54) is 0 Å². The van der Waals surface area contributed by atoms with Crippen molar-refractivity contribution in [2.45, 2.75) is 6.92 Å². The Labute approximate surface area is 149 Å². The van der Waals surface area contributed by atoms with Crippen LogP contribution < -0.4 is 5.73 Å². The molecule has 0 bridgehead atoms. The normalized spacial score (nSPS) is 11.2. The Hall–Kier alpha value is -2.99. The van der Waals surface area contributed by atoms with Gasteiger partial charge >= 0.3 is 0 Å². The molecule has 3 heterocycles. The van der Waals surface area contributed by atoms with E-state index in [1.807, 2.05) is 50.5 Å². The van der Waals surface area contributed by atoms with Crippen LogP contribution >= 0.6 is 11.6 Å². The van der Waals surface area contributed by atoms with E-state index in [2.05, 4.69) is 20.1 Å². The summed E-state index contributed by atoms with van der Waals surface area (Å²) in [5.41, 5.74) is 10.3. The maximum Gasteiger partial charge on any atom is 0.145 e. The third-order valence-electron chi connectivity index (χ3n) is 3.99. The second-order valence-corrected chi connectivity index (χ2v) is 6.21. The number of nitrogens with zero attached hydrogens (tertiary/aromatic N) is 5. The fourth-order valence-electron chi connectivity index (χ4n) is 2.74. The number of aromatic nitrogens is 5. The Morgan fingerprint density at radius 1 is 1.12 bits per heavy atom. The van der Waals surface area contributed by atoms with Crippen LogP contribution in [0.4, 0.5) is 5.82 Å². The molecular weight excluding hydrogens is 336 g/mol. The first-order valence-electron chi connectivity index (χ1n) is 7.71. The topological polar surface area (TPSA) is 82.5 Å². The predicted molar refractivity (Wildman–Crippen MR) is 99.1 cm³/mol. The fourth-order valence-corrected chi connectivity index (χ4v) is 3.01. The lowest BCUT2D eigenvalue weighted by Gasteiger charge is -2.11. The first-order valence-corrected chi connectivity index (χ1v) is 8.09. The van der Waals surface area contributed by atoms with Crippen molar-refractivity contribution in [3.05, 3.63) is 53.4 Å². The number of rotatable bonds is 2. The Bertz CT molecular complexity index is 1100. The van der Waals surface area contributed by atoms with Crippen LogP contribution in [-0.4, -0.2) is 24.7 Å². The predicted octanol–water partition coefficient (Wildman–Crippen LogP) is 3.64. The highest BCUT2D eigenvalue weighted by molar-refractivity contribution is 6.35. The molecule has 0 aliphatic heterocycles. The minimum absolute atomic E-state index is 0.387. The van der Waals surface area contributed by atoms with E-state index in [0.717, 1.165) is 16.5 Å². The van der Waals surface area contributed by atoms with Crippen LogP contribution in [0.2, 0.25) is 5.02 Å². The van der Waals surface area contributed by atoms with Crippen molar-refractivity contribution < 1.29 is 0 Å². The van der Waals surface area contributed by atoms with Crippen molar-refractivity contribution in [1.29, 1.82) is 0 Å². The summed E-state index contributed by atoms with van der Waals surface area (Å²) in [6.07, 6.45) is 3.58. The Morgan fingerprint density at radius 3 is 2.72 bits per heavy atom. The van der Waals surface area contributed by atoms with Crippen LogP contribution in [0.15, 0.2) is 42.7 Å². The van der Waals surface area contributed by atoms with Crippen molar-refractivity contribution in [2.75, 3.05) is 5.73 Å². The largest absolute Gasteiger partial charge is 0.382 e. The van der Waals surface area contributed by atoms with E-state index in [9.17, 15) is 0 Å². The van der Waals surface area contributed by atoms with Gasteiger partial charge in [-0.3, -0.25) is 9.67 Å². The summed E-state index contributed by atoms with van der Waals surface area (Å²) in [7, 11) is 1.85. The Balaban J connectivity index is 2.00. The first kappa shape index (κ1) is 15.5. The highest BCUT2D eigenvalue weighted by Gasteiger charge is 2.17. The van der Waals surface area contributed by atoms with Gasteiger partial charge in [-0.05, 0) is 31.2 Å². The van der Waals surface area contributed by atoms with Gasteiger partial charge in [0, 0.05) is 30.4 Å². The zero-order chi connectivity index (χ0) is 17.6. The summed E-state index contributed by atoms with van der Waals surface area (Å²) in [5, 5.41) is 5.94. The second-order valence-electron chi connectivity index (χ2n) is 5.80. The van der Waals surface area contributed by atoms with Gasteiger partial charge in [-0.25, -0.2) is 9.97 Å². The molecule has 124 valence electrons. The van der Waals surface area contributed by atoms with Gasteiger partial charge in [-0.2, -0.15) is 5.10 Å². The molecule has 4 rings (SSSR count). The van der Waals surface area contributed by atoms with Gasteiger partial charge in [0.05, 0.1) is 21.9 Å². The fraction of sp³-hybridized carbons (Fsp3) is 0.111. The van der Waals surface area contributed by atoms with E-state index < -0.39 is 0 Å². The van der Waals surface area contributed by atoms with Crippen molar-refractivity contribution >= 4 is 28.3 Å². The van der Waals surface area contributed by atoms with Crippen molar-refractivity contribution in [3.8, 4) is 22.6 Å². The average Bonchev–Trinajstić information content (AvgIpc) is 3.03. The molecular formula is C18H15ClN6. The molecule has 0 atom stereocenters. The SMILES string of the molecule is Cc1nc(-c2cc(Cl)c3ncccc3c2)c(-c2ccn(C)n2)nc1N. The lowest BCUT2D eigenvalue weighted by molar-refractivity contribution is 0.770. The third kappa shape index (κ3) is 2.70. The Morgan fingerprint density at radius 2 is 1.96 bits per heavy atom. The monoisotopic (exact) mass is 350 g/mol. The van der Waals surface area contributed by atoms with E-state index >= 15 is 0 Å². The summed E-state index contributed by atoms with van der Waals surface area (Å²) in [6.45, 7) is 1.83. The number of fused-ring (bicyclic) bond motifs is 1. The van der Waals surface area contributed by atoms with Gasteiger partial charge in [0.15, 0.2) is 0 Å². The Kier molecular flexibility index (Phi) is 3.62. The molecule has 2 N–H and O–H groups in total. The molecule has 1 aromatic carbocycles. The number of pyridine rings is 1. The van der Waals surface area contributed by atoms with E-state index in [1.54, 1.807) is 10.9 Å². The standard InChI is InChI=1S/C18H15ClN6/c1-10-18(20)23-17(14-5-7-25(2)24-14)16(22-10)12-8-11-4-3-6-21-15(11)13(19)9-12/h3-9H,1-2H3,(H2,20,23). The molecule has 0 spiro atoms. The van der Waals surface area contributed by atoms with Crippen LogP contribution in [0, 0.1) is 6.92 Å². The summed E-state index contributed by atoms with van der Waals surface area (Å²) in [6, 6.07) is 9.58. The van der Waals surface area contributed by atoms with Gasteiger partial charge < -0.3 is 5.73 Å². The minimum Gasteiger partial charge on any atom is -0.382 e. The van der Waals surface area contributed by atoms with Crippen LogP contribution in [0.1, 0.15) is 5.69 Å². The number of nitrogen functional groups attached to an aromatic ring is 1. The van der Waals surface area contributed by atoms with Gasteiger partial charge in [0.1, 0.15) is 17.2 Å². The minimum atomic E-state index is 0.387. The number of halogens is 1. The number of hydrogen-bond donors (Lipinski definition) is 1. The number of hydrogen-bond acceptors (Lipinski definition) is 5. The highest BCUT2D eigenvalue weighted by Crippen LogP contribution is 2.34. The molecule has 0 fully saturated rings. The molecule has 0 unspecified atom stereocenters. The van der Waals surface area contributed by atoms with Gasteiger partial charge in [-0.15, -0.1) is 0 Å². The average molecular weight is 351 g/mol. The number of benzene rings is 1. The first-order chi connectivity index (χ1) is 12.0. The van der Waals surface area contributed by atoms with Crippen LogP contribution in [0.5, 0.6) is 0 Å². The zero-order valence-corrected chi connectivity index (χ0v) is 14.5. The quantitative estimate of drug-likeness (QED) is 0.596. The molecule has 3 aromatic heterocycles. The number of anilines is 1. The summed E-state index contributed by atoms with van der Waals surface area (Å²) >= 11 is 6.43. The highest BCUT2D eigenvalue weighted by atomic mass is 35.5. The van der Waals surface area contributed by atoms with Gasteiger partial charge in [0.2, 0.25) is 0 Å². The van der Waals surface area contributed by atoms with Crippen LogP contribution in [0.3, 0.4) is 0 Å². The molecule has 0 saturated carbocycles.